The normalized spacial score (nSPS) is 13.3. The summed E-state index contributed by atoms with van der Waals surface area (Å²) in [6.07, 6.45) is 0. The third-order valence-corrected chi connectivity index (χ3v) is 5.60. The number of sulfonamides is 1. The first kappa shape index (κ1) is 15.6. The molecule has 0 amide bonds. The SMILES string of the molecule is C[C@@H](CN)NS(=O)(=O)c1csc(-c2ccc(Br)cc2)n1. The van der Waals surface area contributed by atoms with Crippen LogP contribution in [0.25, 0.3) is 10.6 Å². The molecular weight excluding hydrogens is 362 g/mol. The van der Waals surface area contributed by atoms with Crippen LogP contribution in [0.4, 0.5) is 0 Å². The summed E-state index contributed by atoms with van der Waals surface area (Å²) in [4.78, 5) is 4.18. The predicted octanol–water partition coefficient (Wildman–Crippen LogP) is 2.20. The lowest BCUT2D eigenvalue weighted by molar-refractivity contribution is 0.560. The van der Waals surface area contributed by atoms with Crippen LogP contribution in [0.5, 0.6) is 0 Å². The molecule has 0 saturated heterocycles. The molecule has 1 heterocycles. The Morgan fingerprint density at radius 3 is 2.65 bits per heavy atom. The van der Waals surface area contributed by atoms with Crippen LogP contribution >= 0.6 is 27.3 Å². The number of benzene rings is 1. The maximum absolute atomic E-state index is 12.1. The first-order chi connectivity index (χ1) is 9.42. The van der Waals surface area contributed by atoms with Gasteiger partial charge in [-0.3, -0.25) is 0 Å². The third kappa shape index (κ3) is 3.64. The number of rotatable bonds is 5. The number of nitrogens with two attached hydrogens (primary N) is 1. The molecule has 0 unspecified atom stereocenters. The zero-order valence-corrected chi connectivity index (χ0v) is 13.9. The fourth-order valence-electron chi connectivity index (χ4n) is 1.48. The van der Waals surface area contributed by atoms with Crippen molar-refractivity contribution in [1.82, 2.24) is 9.71 Å². The summed E-state index contributed by atoms with van der Waals surface area (Å²) in [6.45, 7) is 1.95. The van der Waals surface area contributed by atoms with E-state index in [1.807, 2.05) is 24.3 Å². The molecule has 0 fully saturated rings. The first-order valence-electron chi connectivity index (χ1n) is 5.86. The average molecular weight is 376 g/mol. The Labute approximate surface area is 130 Å². The van der Waals surface area contributed by atoms with Crippen LogP contribution in [0.1, 0.15) is 6.92 Å². The van der Waals surface area contributed by atoms with Crippen LogP contribution in [0.3, 0.4) is 0 Å². The van der Waals surface area contributed by atoms with Gasteiger partial charge in [-0.1, -0.05) is 28.1 Å². The van der Waals surface area contributed by atoms with Gasteiger partial charge in [0.25, 0.3) is 10.0 Å². The van der Waals surface area contributed by atoms with Gasteiger partial charge in [0.15, 0.2) is 5.03 Å². The highest BCUT2D eigenvalue weighted by molar-refractivity contribution is 9.10. The number of hydrogen-bond acceptors (Lipinski definition) is 5. The molecule has 20 heavy (non-hydrogen) atoms. The molecule has 0 aliphatic carbocycles. The number of nitrogens with zero attached hydrogens (tertiary/aromatic N) is 1. The van der Waals surface area contributed by atoms with Gasteiger partial charge in [-0.25, -0.2) is 18.1 Å². The third-order valence-electron chi connectivity index (χ3n) is 2.56. The van der Waals surface area contributed by atoms with E-state index in [0.717, 1.165) is 10.0 Å². The summed E-state index contributed by atoms with van der Waals surface area (Å²) < 4.78 is 27.6. The molecule has 2 rings (SSSR count). The number of halogens is 1. The molecule has 0 aliphatic heterocycles. The molecule has 5 nitrogen and oxygen atoms in total. The standard InChI is InChI=1S/C12H14BrN3O2S2/c1-8(6-14)16-20(17,18)11-7-19-12(15-11)9-2-4-10(13)5-3-9/h2-5,7-8,16H,6,14H2,1H3/t8-/m0/s1. The molecule has 0 spiro atoms. The van der Waals surface area contributed by atoms with Crippen molar-refractivity contribution in [2.45, 2.75) is 18.0 Å². The fraction of sp³-hybridized carbons (Fsp3) is 0.250. The molecule has 0 radical (unpaired) electrons. The largest absolute Gasteiger partial charge is 0.329 e. The molecule has 0 saturated carbocycles. The van der Waals surface area contributed by atoms with Gasteiger partial charge in [0.1, 0.15) is 5.01 Å². The van der Waals surface area contributed by atoms with E-state index in [2.05, 4.69) is 25.6 Å². The minimum Gasteiger partial charge on any atom is -0.329 e. The van der Waals surface area contributed by atoms with Gasteiger partial charge in [-0.15, -0.1) is 11.3 Å². The van der Waals surface area contributed by atoms with Crippen LogP contribution in [0, 0.1) is 0 Å². The molecule has 1 aromatic carbocycles. The summed E-state index contributed by atoms with van der Waals surface area (Å²) >= 11 is 4.65. The van der Waals surface area contributed by atoms with Crippen molar-refractivity contribution < 1.29 is 8.42 Å². The van der Waals surface area contributed by atoms with Gasteiger partial charge in [0.2, 0.25) is 0 Å². The lowest BCUT2D eigenvalue weighted by Gasteiger charge is -2.09. The van der Waals surface area contributed by atoms with Crippen LogP contribution < -0.4 is 10.5 Å². The predicted molar refractivity (Wildman–Crippen MR) is 84.1 cm³/mol. The second-order valence-corrected chi connectivity index (χ2v) is 7.69. The Kier molecular flexibility index (Phi) is 4.92. The molecule has 0 bridgehead atoms. The van der Waals surface area contributed by atoms with Gasteiger partial charge in [-0.05, 0) is 19.1 Å². The molecule has 3 N–H and O–H groups in total. The van der Waals surface area contributed by atoms with E-state index in [4.69, 9.17) is 5.73 Å². The maximum Gasteiger partial charge on any atom is 0.259 e. The molecule has 108 valence electrons. The Bertz CT molecular complexity index is 683. The Balaban J connectivity index is 2.27. The number of nitrogens with one attached hydrogen (secondary N) is 1. The lowest BCUT2D eigenvalue weighted by atomic mass is 10.2. The van der Waals surface area contributed by atoms with Crippen molar-refractivity contribution in [3.63, 3.8) is 0 Å². The summed E-state index contributed by atoms with van der Waals surface area (Å²) in [5, 5.41) is 2.22. The van der Waals surface area contributed by atoms with Crippen molar-refractivity contribution in [3.05, 3.63) is 34.1 Å². The Hall–Kier alpha value is -0.800. The first-order valence-corrected chi connectivity index (χ1v) is 9.02. The van der Waals surface area contributed by atoms with E-state index < -0.39 is 10.0 Å². The monoisotopic (exact) mass is 375 g/mol. The number of hydrogen-bond donors (Lipinski definition) is 2. The maximum atomic E-state index is 12.1. The molecule has 0 aliphatic rings. The summed E-state index contributed by atoms with van der Waals surface area (Å²) in [7, 11) is -3.61. The molecule has 1 aromatic heterocycles. The van der Waals surface area contributed by atoms with Crippen LogP contribution in [0.2, 0.25) is 0 Å². The lowest BCUT2D eigenvalue weighted by Crippen LogP contribution is -2.37. The van der Waals surface area contributed by atoms with Gasteiger partial charge in [0, 0.05) is 28.0 Å². The van der Waals surface area contributed by atoms with Gasteiger partial charge in [0.05, 0.1) is 0 Å². The zero-order chi connectivity index (χ0) is 14.8. The van der Waals surface area contributed by atoms with E-state index in [0.29, 0.717) is 5.01 Å². The Morgan fingerprint density at radius 1 is 1.40 bits per heavy atom. The highest BCUT2D eigenvalue weighted by atomic mass is 79.9. The zero-order valence-electron chi connectivity index (χ0n) is 10.7. The highest BCUT2D eigenvalue weighted by Gasteiger charge is 2.20. The van der Waals surface area contributed by atoms with Crippen molar-refractivity contribution in [3.8, 4) is 10.6 Å². The number of thiazole rings is 1. The van der Waals surface area contributed by atoms with Gasteiger partial charge < -0.3 is 5.73 Å². The van der Waals surface area contributed by atoms with Crippen LogP contribution in [0.15, 0.2) is 39.1 Å². The smallest absolute Gasteiger partial charge is 0.259 e. The highest BCUT2D eigenvalue weighted by Crippen LogP contribution is 2.26. The van der Waals surface area contributed by atoms with E-state index >= 15 is 0 Å². The second-order valence-electron chi connectivity index (χ2n) is 4.26. The van der Waals surface area contributed by atoms with E-state index in [1.165, 1.54) is 16.7 Å². The van der Waals surface area contributed by atoms with Crippen LogP contribution in [-0.4, -0.2) is 26.0 Å². The molecule has 2 aromatic rings. The minimum absolute atomic E-state index is 0.0284. The summed E-state index contributed by atoms with van der Waals surface area (Å²) in [5.74, 6) is 0. The minimum atomic E-state index is -3.61. The topological polar surface area (TPSA) is 85.1 Å². The average Bonchev–Trinajstić information content (AvgIpc) is 2.89. The van der Waals surface area contributed by atoms with Crippen molar-refractivity contribution in [2.24, 2.45) is 5.73 Å². The van der Waals surface area contributed by atoms with Gasteiger partial charge >= 0.3 is 0 Å². The fourth-order valence-corrected chi connectivity index (χ4v) is 4.10. The molecular formula is C12H14BrN3O2S2. The second kappa shape index (κ2) is 6.31. The van der Waals surface area contributed by atoms with E-state index in [1.54, 1.807) is 6.92 Å². The quantitative estimate of drug-likeness (QED) is 0.838. The van der Waals surface area contributed by atoms with E-state index in [-0.39, 0.29) is 17.6 Å². The van der Waals surface area contributed by atoms with E-state index in [9.17, 15) is 8.42 Å². The van der Waals surface area contributed by atoms with Crippen molar-refractivity contribution >= 4 is 37.3 Å². The summed E-state index contributed by atoms with van der Waals surface area (Å²) in [6, 6.07) is 7.22. The van der Waals surface area contributed by atoms with Gasteiger partial charge in [-0.2, -0.15) is 0 Å². The number of aromatic nitrogens is 1. The molecule has 8 heteroatoms. The van der Waals surface area contributed by atoms with Crippen molar-refractivity contribution in [2.75, 3.05) is 6.54 Å². The van der Waals surface area contributed by atoms with Crippen LogP contribution in [-0.2, 0) is 10.0 Å². The summed E-state index contributed by atoms with van der Waals surface area (Å²) in [5.41, 5.74) is 6.30. The molecule has 1 atom stereocenters. The Morgan fingerprint density at radius 2 is 2.05 bits per heavy atom. The van der Waals surface area contributed by atoms with Crippen molar-refractivity contribution in [1.29, 1.82) is 0 Å².